The van der Waals surface area contributed by atoms with E-state index in [0.717, 1.165) is 39.6 Å². The first-order valence-electron chi connectivity index (χ1n) is 8.78. The number of hydrogen-bond acceptors (Lipinski definition) is 5. The molecule has 1 atom stereocenters. The summed E-state index contributed by atoms with van der Waals surface area (Å²) in [5.74, 6) is 1.34. The summed E-state index contributed by atoms with van der Waals surface area (Å²) in [6, 6.07) is 9.46. The molecule has 1 aromatic carbocycles. The van der Waals surface area contributed by atoms with Crippen LogP contribution in [0.4, 0.5) is 11.6 Å². The van der Waals surface area contributed by atoms with E-state index in [-0.39, 0.29) is 11.8 Å². The maximum Gasteiger partial charge on any atom is 0.228 e. The first-order chi connectivity index (χ1) is 13.1. The lowest BCUT2D eigenvalue weighted by molar-refractivity contribution is -0.117. The molecule has 1 aliphatic carbocycles. The largest absolute Gasteiger partial charge is 0.373 e. The molecule has 138 valence electrons. The van der Waals surface area contributed by atoms with E-state index < -0.39 is 10.8 Å². The minimum atomic E-state index is -1.13. The van der Waals surface area contributed by atoms with Gasteiger partial charge < -0.3 is 10.6 Å². The molecule has 0 radical (unpaired) electrons. The molecule has 1 amide bonds. The van der Waals surface area contributed by atoms with E-state index in [2.05, 4.69) is 20.6 Å². The smallest absolute Gasteiger partial charge is 0.228 e. The highest BCUT2D eigenvalue weighted by atomic mass is 32.2. The van der Waals surface area contributed by atoms with Crippen LogP contribution in [0.25, 0.3) is 21.9 Å². The Labute approximate surface area is 159 Å². The SMILES string of the molecule is CNc1ncc(-c2ccccc2S(C)=O)c2cc(NC(=O)C3CC3)ncc12. The number of anilines is 2. The van der Waals surface area contributed by atoms with Crippen LogP contribution in [0, 0.1) is 5.92 Å². The number of rotatable bonds is 5. The van der Waals surface area contributed by atoms with Gasteiger partial charge >= 0.3 is 0 Å². The number of aromatic nitrogens is 2. The fraction of sp³-hybridized carbons (Fsp3) is 0.250. The van der Waals surface area contributed by atoms with Gasteiger partial charge in [0, 0.05) is 47.5 Å². The van der Waals surface area contributed by atoms with Crippen LogP contribution in [0.15, 0.2) is 47.6 Å². The van der Waals surface area contributed by atoms with Crippen molar-refractivity contribution in [1.29, 1.82) is 0 Å². The Morgan fingerprint density at radius 2 is 1.89 bits per heavy atom. The van der Waals surface area contributed by atoms with E-state index in [1.165, 1.54) is 0 Å². The van der Waals surface area contributed by atoms with Gasteiger partial charge in [0.05, 0.1) is 10.8 Å². The Kier molecular flexibility index (Phi) is 4.61. The van der Waals surface area contributed by atoms with Crippen molar-refractivity contribution >= 4 is 39.1 Å². The van der Waals surface area contributed by atoms with Crippen molar-refractivity contribution in [1.82, 2.24) is 9.97 Å². The zero-order valence-electron chi connectivity index (χ0n) is 15.2. The van der Waals surface area contributed by atoms with Gasteiger partial charge in [0.1, 0.15) is 11.6 Å². The lowest BCUT2D eigenvalue weighted by Gasteiger charge is -2.14. The van der Waals surface area contributed by atoms with Crippen molar-refractivity contribution in [2.24, 2.45) is 5.92 Å². The molecule has 0 aliphatic heterocycles. The van der Waals surface area contributed by atoms with Crippen LogP contribution in [-0.4, -0.2) is 33.4 Å². The average molecular weight is 380 g/mol. The molecule has 3 aromatic rings. The van der Waals surface area contributed by atoms with Crippen molar-refractivity contribution in [3.05, 3.63) is 42.7 Å². The van der Waals surface area contributed by atoms with Crippen molar-refractivity contribution in [3.8, 4) is 11.1 Å². The van der Waals surface area contributed by atoms with Crippen molar-refractivity contribution < 1.29 is 9.00 Å². The highest BCUT2D eigenvalue weighted by molar-refractivity contribution is 7.84. The van der Waals surface area contributed by atoms with E-state index in [9.17, 15) is 9.00 Å². The van der Waals surface area contributed by atoms with Gasteiger partial charge in [-0.3, -0.25) is 9.00 Å². The van der Waals surface area contributed by atoms with Crippen LogP contribution in [0.2, 0.25) is 0 Å². The molecular weight excluding hydrogens is 360 g/mol. The van der Waals surface area contributed by atoms with Crippen LogP contribution < -0.4 is 10.6 Å². The Morgan fingerprint density at radius 3 is 2.59 bits per heavy atom. The number of carbonyl (C=O) groups is 1. The molecule has 1 fully saturated rings. The van der Waals surface area contributed by atoms with Crippen LogP contribution in [0.3, 0.4) is 0 Å². The molecule has 1 aliphatic rings. The van der Waals surface area contributed by atoms with E-state index in [1.54, 1.807) is 25.7 Å². The number of pyridine rings is 2. The summed E-state index contributed by atoms with van der Waals surface area (Å²) in [6.07, 6.45) is 7.03. The first kappa shape index (κ1) is 17.6. The number of fused-ring (bicyclic) bond motifs is 1. The lowest BCUT2D eigenvalue weighted by Crippen LogP contribution is -2.14. The summed E-state index contributed by atoms with van der Waals surface area (Å²) in [6.45, 7) is 0. The molecule has 1 saturated carbocycles. The Hall–Kier alpha value is -2.80. The summed E-state index contributed by atoms with van der Waals surface area (Å²) >= 11 is 0. The van der Waals surface area contributed by atoms with Gasteiger partial charge in [0.2, 0.25) is 5.91 Å². The highest BCUT2D eigenvalue weighted by Gasteiger charge is 2.29. The number of nitrogens with zero attached hydrogens (tertiary/aromatic N) is 2. The zero-order chi connectivity index (χ0) is 19.0. The Balaban J connectivity index is 1.89. The molecule has 4 rings (SSSR count). The summed E-state index contributed by atoms with van der Waals surface area (Å²) in [5, 5.41) is 7.71. The molecular formula is C20H20N4O2S. The molecule has 27 heavy (non-hydrogen) atoms. The minimum absolute atomic E-state index is 0.0151. The fourth-order valence-corrected chi connectivity index (χ4v) is 3.89. The maximum absolute atomic E-state index is 12.2. The second-order valence-corrected chi connectivity index (χ2v) is 7.95. The standard InChI is InChI=1S/C20H20N4O2S/c1-21-19-16-11-22-18(24-20(25)12-7-8-12)9-14(16)15(10-23-19)13-5-3-4-6-17(13)27(2)26/h3-6,9-12H,7-8H2,1-2H3,(H,21,23)(H,22,24,25). The van der Waals surface area contributed by atoms with Gasteiger partial charge in [0.15, 0.2) is 0 Å². The van der Waals surface area contributed by atoms with E-state index in [4.69, 9.17) is 0 Å². The normalized spacial score (nSPS) is 14.7. The van der Waals surface area contributed by atoms with Gasteiger partial charge in [-0.05, 0) is 35.9 Å². The van der Waals surface area contributed by atoms with Gasteiger partial charge in [0.25, 0.3) is 0 Å². The zero-order valence-corrected chi connectivity index (χ0v) is 16.0. The number of benzene rings is 1. The fourth-order valence-electron chi connectivity index (χ4n) is 3.13. The van der Waals surface area contributed by atoms with Crippen molar-refractivity contribution in [2.45, 2.75) is 17.7 Å². The van der Waals surface area contributed by atoms with E-state index >= 15 is 0 Å². The topological polar surface area (TPSA) is 84.0 Å². The number of amides is 1. The van der Waals surface area contributed by atoms with Crippen molar-refractivity contribution in [3.63, 3.8) is 0 Å². The molecule has 2 N–H and O–H groups in total. The molecule has 0 bridgehead atoms. The molecule has 1 unspecified atom stereocenters. The molecule has 7 heteroatoms. The quantitative estimate of drug-likeness (QED) is 0.708. The van der Waals surface area contributed by atoms with E-state index in [0.29, 0.717) is 11.6 Å². The lowest BCUT2D eigenvalue weighted by atomic mass is 10.0. The Bertz CT molecular complexity index is 1060. The van der Waals surface area contributed by atoms with Crippen molar-refractivity contribution in [2.75, 3.05) is 23.9 Å². The van der Waals surface area contributed by atoms with Crippen LogP contribution in [-0.2, 0) is 15.6 Å². The van der Waals surface area contributed by atoms with E-state index in [1.807, 2.05) is 30.3 Å². The van der Waals surface area contributed by atoms with Gasteiger partial charge in [-0.25, -0.2) is 9.97 Å². The first-order valence-corrected chi connectivity index (χ1v) is 10.3. The average Bonchev–Trinajstić information content (AvgIpc) is 3.52. The van der Waals surface area contributed by atoms with Gasteiger partial charge in [-0.1, -0.05) is 18.2 Å². The third kappa shape index (κ3) is 3.42. The molecule has 0 saturated heterocycles. The number of nitrogens with one attached hydrogen (secondary N) is 2. The highest BCUT2D eigenvalue weighted by Crippen LogP contribution is 2.35. The molecule has 2 aromatic heterocycles. The predicted octanol–water partition coefficient (Wildman–Crippen LogP) is 3.42. The molecule has 6 nitrogen and oxygen atoms in total. The molecule has 0 spiro atoms. The third-order valence-electron chi connectivity index (χ3n) is 4.70. The van der Waals surface area contributed by atoms with Crippen LogP contribution >= 0.6 is 0 Å². The second kappa shape index (κ2) is 7.08. The number of hydrogen-bond donors (Lipinski definition) is 2. The molecule has 2 heterocycles. The van der Waals surface area contributed by atoms with Gasteiger partial charge in [-0.15, -0.1) is 0 Å². The monoisotopic (exact) mass is 380 g/mol. The summed E-state index contributed by atoms with van der Waals surface area (Å²) < 4.78 is 12.2. The minimum Gasteiger partial charge on any atom is -0.373 e. The third-order valence-corrected chi connectivity index (χ3v) is 5.67. The summed E-state index contributed by atoms with van der Waals surface area (Å²) in [7, 11) is 0.673. The number of carbonyl (C=O) groups excluding carboxylic acids is 1. The van der Waals surface area contributed by atoms with Crippen LogP contribution in [0.1, 0.15) is 12.8 Å². The van der Waals surface area contributed by atoms with Crippen LogP contribution in [0.5, 0.6) is 0 Å². The second-order valence-electron chi connectivity index (χ2n) is 6.60. The maximum atomic E-state index is 12.2. The predicted molar refractivity (Wildman–Crippen MR) is 108 cm³/mol. The van der Waals surface area contributed by atoms with Gasteiger partial charge in [-0.2, -0.15) is 0 Å². The summed E-state index contributed by atoms with van der Waals surface area (Å²) in [4.78, 5) is 21.7. The Morgan fingerprint density at radius 1 is 1.11 bits per heavy atom. The summed E-state index contributed by atoms with van der Waals surface area (Å²) in [5.41, 5.74) is 1.73.